The summed E-state index contributed by atoms with van der Waals surface area (Å²) in [6.07, 6.45) is 5.31. The summed E-state index contributed by atoms with van der Waals surface area (Å²) in [6, 6.07) is 4.23. The number of rotatable bonds is 3. The molecule has 0 aromatic carbocycles. The lowest BCUT2D eigenvalue weighted by Gasteiger charge is -2.19. The van der Waals surface area contributed by atoms with Crippen LogP contribution in [-0.4, -0.2) is 16.9 Å². The average molecular weight is 245 g/mol. The number of hydrogen-bond donors (Lipinski definition) is 1. The van der Waals surface area contributed by atoms with E-state index in [0.717, 1.165) is 11.7 Å². The Labute approximate surface area is 100.0 Å². The first kappa shape index (κ1) is 11.0. The molecule has 2 rings (SSSR count). The van der Waals surface area contributed by atoms with E-state index in [9.17, 15) is 0 Å². The molecule has 4 heteroatoms. The van der Waals surface area contributed by atoms with Crippen LogP contribution in [0.5, 0.6) is 0 Å². The fourth-order valence-electron chi connectivity index (χ4n) is 2.06. The highest BCUT2D eigenvalue weighted by Crippen LogP contribution is 2.29. The molecule has 1 aliphatic rings. The van der Waals surface area contributed by atoms with Crippen molar-refractivity contribution in [3.8, 4) is 0 Å². The highest BCUT2D eigenvalue weighted by molar-refractivity contribution is 6.30. The van der Waals surface area contributed by atoms with Gasteiger partial charge in [0.1, 0.15) is 5.82 Å². The van der Waals surface area contributed by atoms with Crippen LogP contribution >= 0.6 is 23.2 Å². The molecule has 0 saturated heterocycles. The molecule has 1 aromatic heterocycles. The largest absolute Gasteiger partial charge is 0.367 e. The van der Waals surface area contributed by atoms with E-state index in [2.05, 4.69) is 10.3 Å². The molecule has 2 nitrogen and oxygen atoms in total. The van der Waals surface area contributed by atoms with Gasteiger partial charge >= 0.3 is 0 Å². The normalized spacial score (nSPS) is 25.5. The van der Waals surface area contributed by atoms with Crippen molar-refractivity contribution in [2.24, 2.45) is 5.92 Å². The molecule has 0 aliphatic heterocycles. The Bertz CT molecular complexity index is 313. The van der Waals surface area contributed by atoms with Crippen molar-refractivity contribution < 1.29 is 0 Å². The van der Waals surface area contributed by atoms with Crippen molar-refractivity contribution in [2.75, 3.05) is 11.2 Å². The molecule has 1 saturated carbocycles. The van der Waals surface area contributed by atoms with Crippen molar-refractivity contribution in [2.45, 2.75) is 25.3 Å². The number of hydrogen-bond acceptors (Lipinski definition) is 2. The molecular weight excluding hydrogens is 231 g/mol. The first-order valence-electron chi connectivity index (χ1n) is 5.23. The minimum absolute atomic E-state index is 0.469. The van der Waals surface area contributed by atoms with Gasteiger partial charge in [-0.1, -0.05) is 18.0 Å². The molecule has 0 spiro atoms. The summed E-state index contributed by atoms with van der Waals surface area (Å²) in [5, 5.41) is 4.08. The minimum Gasteiger partial charge on any atom is -0.367 e. The lowest BCUT2D eigenvalue weighted by molar-refractivity contribution is 0.561. The summed E-state index contributed by atoms with van der Waals surface area (Å²) in [4.78, 5) is 4.22. The molecule has 0 amide bonds. The van der Waals surface area contributed by atoms with Gasteiger partial charge in [-0.3, -0.25) is 0 Å². The van der Waals surface area contributed by atoms with Gasteiger partial charge < -0.3 is 5.32 Å². The van der Waals surface area contributed by atoms with Crippen LogP contribution in [-0.2, 0) is 0 Å². The van der Waals surface area contributed by atoms with E-state index in [-0.39, 0.29) is 0 Å². The Kier molecular flexibility index (Phi) is 3.71. The Balaban J connectivity index is 1.99. The Morgan fingerprint density at radius 2 is 2.27 bits per heavy atom. The Hall–Kier alpha value is -0.470. The second kappa shape index (κ2) is 5.04. The van der Waals surface area contributed by atoms with Crippen LogP contribution in [0.25, 0.3) is 0 Å². The van der Waals surface area contributed by atoms with E-state index < -0.39 is 0 Å². The van der Waals surface area contributed by atoms with Gasteiger partial charge in [0.15, 0.2) is 0 Å². The fourth-order valence-corrected chi connectivity index (χ4v) is 2.54. The standard InChI is InChI=1S/C11H14Cl2N2/c12-6-8-2-1-3-10(8)15-11-5-4-9(13)7-14-11/h4-5,7-8,10H,1-3,6H2,(H,14,15). The van der Waals surface area contributed by atoms with Crippen molar-refractivity contribution in [1.82, 2.24) is 4.98 Å². The molecule has 15 heavy (non-hydrogen) atoms. The van der Waals surface area contributed by atoms with Crippen LogP contribution in [0, 0.1) is 5.92 Å². The van der Waals surface area contributed by atoms with Gasteiger partial charge in [0.25, 0.3) is 0 Å². The summed E-state index contributed by atoms with van der Waals surface area (Å²) >= 11 is 11.7. The average Bonchev–Trinajstić information content (AvgIpc) is 2.69. The fraction of sp³-hybridized carbons (Fsp3) is 0.545. The predicted molar refractivity (Wildman–Crippen MR) is 64.7 cm³/mol. The number of anilines is 1. The number of aromatic nitrogens is 1. The second-order valence-electron chi connectivity index (χ2n) is 3.96. The quantitative estimate of drug-likeness (QED) is 0.823. The highest BCUT2D eigenvalue weighted by Gasteiger charge is 2.26. The maximum atomic E-state index is 5.91. The van der Waals surface area contributed by atoms with Crippen molar-refractivity contribution in [3.05, 3.63) is 23.4 Å². The van der Waals surface area contributed by atoms with Crippen molar-refractivity contribution >= 4 is 29.0 Å². The molecule has 2 unspecified atom stereocenters. The van der Waals surface area contributed by atoms with Crippen molar-refractivity contribution in [1.29, 1.82) is 0 Å². The van der Waals surface area contributed by atoms with Gasteiger partial charge in [0.2, 0.25) is 0 Å². The van der Waals surface area contributed by atoms with Crippen LogP contribution in [0.2, 0.25) is 5.02 Å². The molecule has 1 fully saturated rings. The smallest absolute Gasteiger partial charge is 0.126 e. The van der Waals surface area contributed by atoms with E-state index in [4.69, 9.17) is 23.2 Å². The van der Waals surface area contributed by atoms with Gasteiger partial charge in [-0.25, -0.2) is 4.98 Å². The lowest BCUT2D eigenvalue weighted by Crippen LogP contribution is -2.25. The maximum Gasteiger partial charge on any atom is 0.126 e. The number of alkyl halides is 1. The molecule has 82 valence electrons. The van der Waals surface area contributed by atoms with E-state index in [1.165, 1.54) is 19.3 Å². The molecular formula is C11H14Cl2N2. The summed E-state index contributed by atoms with van der Waals surface area (Å²) in [5.74, 6) is 2.19. The molecule has 0 bridgehead atoms. The van der Waals surface area contributed by atoms with Gasteiger partial charge in [-0.2, -0.15) is 0 Å². The van der Waals surface area contributed by atoms with Gasteiger partial charge in [-0.05, 0) is 30.9 Å². The van der Waals surface area contributed by atoms with Gasteiger partial charge in [0.05, 0.1) is 5.02 Å². The van der Waals surface area contributed by atoms with E-state index >= 15 is 0 Å². The Morgan fingerprint density at radius 3 is 2.93 bits per heavy atom. The number of halogens is 2. The summed E-state index contributed by atoms with van der Waals surface area (Å²) in [5.41, 5.74) is 0. The second-order valence-corrected chi connectivity index (χ2v) is 4.70. The van der Waals surface area contributed by atoms with Crippen LogP contribution in [0.1, 0.15) is 19.3 Å². The zero-order chi connectivity index (χ0) is 10.7. The van der Waals surface area contributed by atoms with E-state index in [0.29, 0.717) is 17.0 Å². The first-order chi connectivity index (χ1) is 7.29. The summed E-state index contributed by atoms with van der Waals surface area (Å²) in [6.45, 7) is 0. The number of pyridine rings is 1. The van der Waals surface area contributed by atoms with E-state index in [1.54, 1.807) is 6.20 Å². The molecule has 2 atom stereocenters. The number of nitrogens with one attached hydrogen (secondary N) is 1. The minimum atomic E-state index is 0.469. The third-order valence-electron chi connectivity index (χ3n) is 2.92. The van der Waals surface area contributed by atoms with Crippen LogP contribution in [0.15, 0.2) is 18.3 Å². The molecule has 1 aromatic rings. The van der Waals surface area contributed by atoms with Crippen LogP contribution in [0.4, 0.5) is 5.82 Å². The molecule has 1 heterocycles. The third kappa shape index (κ3) is 2.76. The summed E-state index contributed by atoms with van der Waals surface area (Å²) in [7, 11) is 0. The van der Waals surface area contributed by atoms with Crippen LogP contribution in [0.3, 0.4) is 0 Å². The van der Waals surface area contributed by atoms with Crippen molar-refractivity contribution in [3.63, 3.8) is 0 Å². The highest BCUT2D eigenvalue weighted by atomic mass is 35.5. The Morgan fingerprint density at radius 1 is 1.40 bits per heavy atom. The third-order valence-corrected chi connectivity index (χ3v) is 3.54. The first-order valence-corrected chi connectivity index (χ1v) is 6.15. The van der Waals surface area contributed by atoms with Crippen LogP contribution < -0.4 is 5.32 Å². The zero-order valence-corrected chi connectivity index (χ0v) is 9.93. The van der Waals surface area contributed by atoms with Gasteiger partial charge in [-0.15, -0.1) is 11.6 Å². The lowest BCUT2D eigenvalue weighted by atomic mass is 10.1. The summed E-state index contributed by atoms with van der Waals surface area (Å²) < 4.78 is 0. The van der Waals surface area contributed by atoms with E-state index in [1.807, 2.05) is 12.1 Å². The monoisotopic (exact) mass is 244 g/mol. The predicted octanol–water partition coefficient (Wildman–Crippen LogP) is 3.55. The zero-order valence-electron chi connectivity index (χ0n) is 8.42. The SMILES string of the molecule is ClCC1CCCC1Nc1ccc(Cl)cn1. The maximum absolute atomic E-state index is 5.91. The topological polar surface area (TPSA) is 24.9 Å². The molecule has 0 radical (unpaired) electrons. The molecule has 1 aliphatic carbocycles. The van der Waals surface area contributed by atoms with Gasteiger partial charge in [0, 0.05) is 18.1 Å². The number of nitrogens with zero attached hydrogens (tertiary/aromatic N) is 1. The molecule has 1 N–H and O–H groups in total.